The van der Waals surface area contributed by atoms with Crippen LogP contribution in [0.1, 0.15) is 47.5 Å². The molecule has 2 aliphatic heterocycles. The predicted octanol–water partition coefficient (Wildman–Crippen LogP) is 4.49. The molecule has 5 rings (SSSR count). The number of nitrogens with one attached hydrogen (secondary N) is 1. The van der Waals surface area contributed by atoms with Crippen molar-refractivity contribution in [3.8, 4) is 0 Å². The molecule has 2 amide bonds. The van der Waals surface area contributed by atoms with Crippen molar-refractivity contribution in [1.82, 2.24) is 15.1 Å². The minimum atomic E-state index is -0.474. The molecule has 186 valence electrons. The average Bonchev–Trinajstić information content (AvgIpc) is 2.94. The Morgan fingerprint density at radius 1 is 0.861 bits per heavy atom. The molecule has 0 aliphatic carbocycles. The number of hydrogen-bond acceptors (Lipinski definition) is 5. The second-order valence-corrected chi connectivity index (χ2v) is 9.50. The minimum Gasteiger partial charge on any atom is -0.355 e. The number of amides is 2. The summed E-state index contributed by atoms with van der Waals surface area (Å²) in [5.41, 5.74) is 2.13. The molecule has 2 saturated heterocycles. The molecule has 1 aromatic heterocycles. The van der Waals surface area contributed by atoms with E-state index >= 15 is 0 Å². The number of halogens is 1. The fourth-order valence-electron chi connectivity index (χ4n) is 5.14. The van der Waals surface area contributed by atoms with Gasteiger partial charge in [0.15, 0.2) is 5.82 Å². The molecule has 3 heterocycles. The molecular weight excluding hydrogens is 457 g/mol. The maximum Gasteiger partial charge on any atom is 0.256 e. The standard InChI is InChI=1S/C28H30FN5O2/c29-25-5-2-1-4-24(25)28(36)34-18-11-21(12-19-34)20-7-9-23(10-8-20)31-27(35)22-13-16-33(17-14-22)26-6-3-15-30-32-26/h1-10,15,21-22H,11-14,16-19H2,(H,31,35). The molecule has 0 atom stereocenters. The van der Waals surface area contributed by atoms with E-state index in [-0.39, 0.29) is 23.3 Å². The topological polar surface area (TPSA) is 78.4 Å². The Morgan fingerprint density at radius 3 is 2.25 bits per heavy atom. The molecule has 2 aliphatic rings. The summed E-state index contributed by atoms with van der Waals surface area (Å²) < 4.78 is 14.0. The molecule has 8 heteroatoms. The Balaban J connectivity index is 1.10. The molecule has 0 spiro atoms. The molecule has 0 bridgehead atoms. The maximum absolute atomic E-state index is 14.0. The van der Waals surface area contributed by atoms with Crippen LogP contribution in [0.5, 0.6) is 0 Å². The van der Waals surface area contributed by atoms with Crippen molar-refractivity contribution in [2.45, 2.75) is 31.6 Å². The van der Waals surface area contributed by atoms with Crippen LogP contribution in [0.25, 0.3) is 0 Å². The lowest BCUT2D eigenvalue weighted by molar-refractivity contribution is -0.120. The van der Waals surface area contributed by atoms with Gasteiger partial charge < -0.3 is 15.1 Å². The Morgan fingerprint density at radius 2 is 1.58 bits per heavy atom. The lowest BCUT2D eigenvalue weighted by Gasteiger charge is -2.32. The summed E-state index contributed by atoms with van der Waals surface area (Å²) in [5, 5.41) is 11.2. The van der Waals surface area contributed by atoms with Crippen molar-refractivity contribution in [1.29, 1.82) is 0 Å². The fourth-order valence-corrected chi connectivity index (χ4v) is 5.14. The lowest BCUT2D eigenvalue weighted by Crippen LogP contribution is -2.38. The maximum atomic E-state index is 14.0. The van der Waals surface area contributed by atoms with Gasteiger partial charge >= 0.3 is 0 Å². The van der Waals surface area contributed by atoms with Gasteiger partial charge in [-0.25, -0.2) is 4.39 Å². The lowest BCUT2D eigenvalue weighted by atomic mass is 9.89. The summed E-state index contributed by atoms with van der Waals surface area (Å²) >= 11 is 0. The van der Waals surface area contributed by atoms with Crippen molar-refractivity contribution in [2.24, 2.45) is 5.92 Å². The molecule has 3 aromatic rings. The summed E-state index contributed by atoms with van der Waals surface area (Å²) in [6.45, 7) is 2.77. The van der Waals surface area contributed by atoms with Gasteiger partial charge in [-0.3, -0.25) is 9.59 Å². The first-order valence-electron chi connectivity index (χ1n) is 12.6. The van der Waals surface area contributed by atoms with E-state index in [0.29, 0.717) is 19.0 Å². The number of benzene rings is 2. The Labute approximate surface area is 210 Å². The first-order chi connectivity index (χ1) is 17.6. The molecule has 1 N–H and O–H groups in total. The Kier molecular flexibility index (Phi) is 7.21. The van der Waals surface area contributed by atoms with E-state index < -0.39 is 5.82 Å². The number of nitrogens with zero attached hydrogens (tertiary/aromatic N) is 4. The second kappa shape index (κ2) is 10.8. The highest BCUT2D eigenvalue weighted by atomic mass is 19.1. The largest absolute Gasteiger partial charge is 0.355 e. The molecule has 0 saturated carbocycles. The molecule has 0 unspecified atom stereocenters. The van der Waals surface area contributed by atoms with Gasteiger partial charge in [0.05, 0.1) is 5.56 Å². The molecule has 7 nitrogen and oxygen atoms in total. The fraction of sp³-hybridized carbons (Fsp3) is 0.357. The number of rotatable bonds is 5. The molecule has 0 radical (unpaired) electrons. The normalized spacial score (nSPS) is 17.1. The van der Waals surface area contributed by atoms with E-state index in [9.17, 15) is 14.0 Å². The van der Waals surface area contributed by atoms with Crippen LogP contribution in [-0.4, -0.2) is 53.1 Å². The molecular formula is C28H30FN5O2. The number of carbonyl (C=O) groups is 2. The van der Waals surface area contributed by atoms with Crippen molar-refractivity contribution < 1.29 is 14.0 Å². The number of aromatic nitrogens is 2. The SMILES string of the molecule is O=C(Nc1ccc(C2CCN(C(=O)c3ccccc3F)CC2)cc1)C1CCN(c2cccnn2)CC1. The van der Waals surface area contributed by atoms with Crippen LogP contribution < -0.4 is 10.2 Å². The van der Waals surface area contributed by atoms with Crippen molar-refractivity contribution in [3.05, 3.63) is 83.8 Å². The number of anilines is 2. The Hall–Kier alpha value is -3.81. The summed E-state index contributed by atoms with van der Waals surface area (Å²) in [5.74, 6) is 0.514. The van der Waals surface area contributed by atoms with Crippen molar-refractivity contribution in [3.63, 3.8) is 0 Å². The van der Waals surface area contributed by atoms with Gasteiger partial charge in [0.2, 0.25) is 5.91 Å². The van der Waals surface area contributed by atoms with Gasteiger partial charge in [-0.05, 0) is 73.6 Å². The van der Waals surface area contributed by atoms with Crippen LogP contribution in [0.15, 0.2) is 66.9 Å². The zero-order valence-corrected chi connectivity index (χ0v) is 20.1. The van der Waals surface area contributed by atoms with Crippen molar-refractivity contribution >= 4 is 23.3 Å². The van der Waals surface area contributed by atoms with Gasteiger partial charge in [-0.15, -0.1) is 5.10 Å². The number of piperidine rings is 2. The van der Waals surface area contributed by atoms with E-state index in [1.54, 1.807) is 23.2 Å². The quantitative estimate of drug-likeness (QED) is 0.574. The molecule has 2 aromatic carbocycles. The first kappa shape index (κ1) is 23.9. The third kappa shape index (κ3) is 5.37. The highest BCUT2D eigenvalue weighted by molar-refractivity contribution is 5.94. The van der Waals surface area contributed by atoms with E-state index in [0.717, 1.165) is 50.3 Å². The summed E-state index contributed by atoms with van der Waals surface area (Å²) in [7, 11) is 0. The van der Waals surface area contributed by atoms with E-state index in [2.05, 4.69) is 32.5 Å². The van der Waals surface area contributed by atoms with Crippen molar-refractivity contribution in [2.75, 3.05) is 36.4 Å². The van der Waals surface area contributed by atoms with Crippen LogP contribution in [0.3, 0.4) is 0 Å². The van der Waals surface area contributed by atoms with Crippen LogP contribution >= 0.6 is 0 Å². The first-order valence-corrected chi connectivity index (χ1v) is 12.6. The second-order valence-electron chi connectivity index (χ2n) is 9.50. The predicted molar refractivity (Wildman–Crippen MR) is 136 cm³/mol. The number of likely N-dealkylation sites (tertiary alicyclic amines) is 1. The summed E-state index contributed by atoms with van der Waals surface area (Å²) in [6.07, 6.45) is 4.88. The van der Waals surface area contributed by atoms with Gasteiger partial charge in [0, 0.05) is 44.0 Å². The van der Waals surface area contributed by atoms with Crippen LogP contribution in [0.4, 0.5) is 15.9 Å². The zero-order chi connectivity index (χ0) is 24.9. The monoisotopic (exact) mass is 487 g/mol. The van der Waals surface area contributed by atoms with Gasteiger partial charge in [-0.2, -0.15) is 5.10 Å². The molecule has 2 fully saturated rings. The third-order valence-corrected chi connectivity index (χ3v) is 7.28. The average molecular weight is 488 g/mol. The smallest absolute Gasteiger partial charge is 0.256 e. The van der Waals surface area contributed by atoms with Gasteiger partial charge in [0.25, 0.3) is 5.91 Å². The summed E-state index contributed by atoms with van der Waals surface area (Å²) in [4.78, 5) is 29.4. The van der Waals surface area contributed by atoms with Gasteiger partial charge in [0.1, 0.15) is 5.82 Å². The van der Waals surface area contributed by atoms with Gasteiger partial charge in [-0.1, -0.05) is 24.3 Å². The van der Waals surface area contributed by atoms with Crippen LogP contribution in [-0.2, 0) is 4.79 Å². The number of hydrogen-bond donors (Lipinski definition) is 1. The zero-order valence-electron chi connectivity index (χ0n) is 20.1. The molecule has 36 heavy (non-hydrogen) atoms. The summed E-state index contributed by atoms with van der Waals surface area (Å²) in [6, 6.07) is 18.0. The third-order valence-electron chi connectivity index (χ3n) is 7.28. The highest BCUT2D eigenvalue weighted by Crippen LogP contribution is 2.30. The minimum absolute atomic E-state index is 0.0195. The van der Waals surface area contributed by atoms with Crippen LogP contribution in [0.2, 0.25) is 0 Å². The van der Waals surface area contributed by atoms with E-state index in [1.807, 2.05) is 24.3 Å². The van der Waals surface area contributed by atoms with E-state index in [4.69, 9.17) is 0 Å². The number of carbonyl (C=O) groups excluding carboxylic acids is 2. The van der Waals surface area contributed by atoms with E-state index in [1.165, 1.54) is 17.7 Å². The Bertz CT molecular complexity index is 1190. The van der Waals surface area contributed by atoms with Crippen LogP contribution in [0, 0.1) is 11.7 Å². The highest BCUT2D eigenvalue weighted by Gasteiger charge is 2.27.